The van der Waals surface area contributed by atoms with Gasteiger partial charge in [0.05, 0.1) is 18.7 Å². The molecule has 35 heavy (non-hydrogen) atoms. The molecule has 184 valence electrons. The van der Waals surface area contributed by atoms with Crippen LogP contribution in [0, 0.1) is 0 Å². The number of carbonyl (C=O) groups excluding carboxylic acids is 1. The average molecular weight is 476 g/mol. The predicted octanol–water partition coefficient (Wildman–Crippen LogP) is 3.99. The van der Waals surface area contributed by atoms with Crippen LogP contribution in [0.25, 0.3) is 10.9 Å². The van der Waals surface area contributed by atoms with Gasteiger partial charge in [0, 0.05) is 57.3 Å². The number of nitrogens with zero attached hydrogens (tertiary/aromatic N) is 5. The molecule has 1 amide bonds. The van der Waals surface area contributed by atoms with E-state index in [4.69, 9.17) is 19.4 Å². The Morgan fingerprint density at radius 1 is 0.971 bits per heavy atom. The van der Waals surface area contributed by atoms with Crippen molar-refractivity contribution in [3.8, 4) is 11.5 Å². The van der Waals surface area contributed by atoms with Crippen LogP contribution in [0.4, 0.5) is 11.8 Å². The van der Waals surface area contributed by atoms with Gasteiger partial charge in [0.15, 0.2) is 11.5 Å². The Balaban J connectivity index is 1.44. The first-order chi connectivity index (χ1) is 17.0. The molecular weight excluding hydrogens is 442 g/mol. The molecule has 2 heterocycles. The maximum absolute atomic E-state index is 12.9. The van der Waals surface area contributed by atoms with Crippen molar-refractivity contribution in [2.45, 2.75) is 31.8 Å². The highest BCUT2D eigenvalue weighted by Crippen LogP contribution is 2.38. The van der Waals surface area contributed by atoms with E-state index in [1.165, 1.54) is 12.8 Å². The van der Waals surface area contributed by atoms with E-state index in [1.54, 1.807) is 7.11 Å². The first kappa shape index (κ1) is 23.2. The molecule has 1 aromatic heterocycles. The summed E-state index contributed by atoms with van der Waals surface area (Å²) in [6, 6.07) is 13.4. The molecule has 2 aliphatic rings. The smallest absolute Gasteiger partial charge is 0.253 e. The van der Waals surface area contributed by atoms with Gasteiger partial charge in [-0.15, -0.1) is 0 Å². The fourth-order valence-electron chi connectivity index (χ4n) is 4.87. The summed E-state index contributed by atoms with van der Waals surface area (Å²) >= 11 is 0. The Labute approximate surface area is 206 Å². The van der Waals surface area contributed by atoms with Crippen molar-refractivity contribution in [2.24, 2.45) is 0 Å². The highest BCUT2D eigenvalue weighted by molar-refractivity contribution is 5.95. The molecule has 8 heteroatoms. The lowest BCUT2D eigenvalue weighted by Gasteiger charge is -2.36. The number of rotatable bonds is 6. The third kappa shape index (κ3) is 4.83. The minimum atomic E-state index is 0.0714. The van der Waals surface area contributed by atoms with E-state index in [-0.39, 0.29) is 12.0 Å². The molecule has 5 rings (SSSR count). The molecule has 2 fully saturated rings. The van der Waals surface area contributed by atoms with E-state index in [0.717, 1.165) is 40.9 Å². The van der Waals surface area contributed by atoms with Crippen LogP contribution in [0.1, 0.15) is 36.0 Å². The standard InChI is InChI=1S/C27H33N5O3/c1-30(2)27-28-22-18-24(35-20-11-7-8-12-20)23(34-3)17-21(22)25(29-27)31-13-15-32(16-14-31)26(33)19-9-5-4-6-10-19/h4-6,9-10,17-18,20H,7-8,11-16H2,1-3H3. The van der Waals surface area contributed by atoms with Crippen molar-refractivity contribution >= 4 is 28.6 Å². The van der Waals surface area contributed by atoms with Crippen LogP contribution in [0.2, 0.25) is 0 Å². The molecule has 1 saturated heterocycles. The zero-order valence-electron chi connectivity index (χ0n) is 20.7. The van der Waals surface area contributed by atoms with Gasteiger partial charge in [-0.1, -0.05) is 18.2 Å². The van der Waals surface area contributed by atoms with Crippen LogP contribution in [0.3, 0.4) is 0 Å². The molecule has 1 saturated carbocycles. The molecule has 2 aromatic carbocycles. The topological polar surface area (TPSA) is 71.0 Å². The molecule has 0 unspecified atom stereocenters. The Kier molecular flexibility index (Phi) is 6.61. The number of piperazine rings is 1. The minimum absolute atomic E-state index is 0.0714. The quantitative estimate of drug-likeness (QED) is 0.534. The summed E-state index contributed by atoms with van der Waals surface area (Å²) in [5.74, 6) is 3.01. The first-order valence-corrected chi connectivity index (χ1v) is 12.4. The zero-order valence-corrected chi connectivity index (χ0v) is 20.7. The highest BCUT2D eigenvalue weighted by Gasteiger charge is 2.26. The number of ether oxygens (including phenoxy) is 2. The molecule has 0 spiro atoms. The largest absolute Gasteiger partial charge is 0.493 e. The van der Waals surface area contributed by atoms with E-state index in [0.29, 0.717) is 37.9 Å². The van der Waals surface area contributed by atoms with Crippen LogP contribution in [-0.4, -0.2) is 74.3 Å². The SMILES string of the molecule is COc1cc2c(N3CCN(C(=O)c4ccccc4)CC3)nc(N(C)C)nc2cc1OC1CCCC1. The van der Waals surface area contributed by atoms with Gasteiger partial charge in [0.2, 0.25) is 5.95 Å². The summed E-state index contributed by atoms with van der Waals surface area (Å²) in [5, 5.41) is 0.925. The minimum Gasteiger partial charge on any atom is -0.493 e. The molecule has 8 nitrogen and oxygen atoms in total. The van der Waals surface area contributed by atoms with Gasteiger partial charge >= 0.3 is 0 Å². The Morgan fingerprint density at radius 2 is 1.69 bits per heavy atom. The number of carbonyl (C=O) groups is 1. The summed E-state index contributed by atoms with van der Waals surface area (Å²) < 4.78 is 12.0. The van der Waals surface area contributed by atoms with Crippen LogP contribution in [0.15, 0.2) is 42.5 Å². The molecule has 0 radical (unpaired) electrons. The number of methoxy groups -OCH3 is 1. The second kappa shape index (κ2) is 9.98. The predicted molar refractivity (Wildman–Crippen MR) is 138 cm³/mol. The van der Waals surface area contributed by atoms with Gasteiger partial charge in [-0.3, -0.25) is 4.79 Å². The Hall–Kier alpha value is -3.55. The maximum atomic E-state index is 12.9. The van der Waals surface area contributed by atoms with Gasteiger partial charge in [-0.25, -0.2) is 4.98 Å². The molecule has 0 N–H and O–H groups in total. The fraction of sp³-hybridized carbons (Fsp3) is 0.444. The summed E-state index contributed by atoms with van der Waals surface area (Å²) in [6.45, 7) is 2.66. The third-order valence-corrected chi connectivity index (χ3v) is 6.83. The molecule has 0 atom stereocenters. The zero-order chi connectivity index (χ0) is 24.4. The van der Waals surface area contributed by atoms with Crippen molar-refractivity contribution in [1.29, 1.82) is 0 Å². The van der Waals surface area contributed by atoms with Crippen LogP contribution < -0.4 is 19.3 Å². The first-order valence-electron chi connectivity index (χ1n) is 12.4. The lowest BCUT2D eigenvalue weighted by Crippen LogP contribution is -2.49. The van der Waals surface area contributed by atoms with Crippen LogP contribution >= 0.6 is 0 Å². The van der Waals surface area contributed by atoms with E-state index >= 15 is 0 Å². The molecule has 3 aromatic rings. The monoisotopic (exact) mass is 475 g/mol. The van der Waals surface area contributed by atoms with Gasteiger partial charge in [-0.05, 0) is 43.9 Å². The van der Waals surface area contributed by atoms with E-state index in [9.17, 15) is 4.79 Å². The van der Waals surface area contributed by atoms with Gasteiger partial charge < -0.3 is 24.2 Å². The van der Waals surface area contributed by atoms with Gasteiger partial charge in [-0.2, -0.15) is 4.98 Å². The molecule has 1 aliphatic carbocycles. The van der Waals surface area contributed by atoms with Gasteiger partial charge in [0.25, 0.3) is 5.91 Å². The normalized spacial score (nSPS) is 16.5. The average Bonchev–Trinajstić information content (AvgIpc) is 3.41. The van der Waals surface area contributed by atoms with Crippen molar-refractivity contribution in [3.05, 3.63) is 48.0 Å². The Bertz CT molecular complexity index is 1190. The highest BCUT2D eigenvalue weighted by atomic mass is 16.5. The number of aromatic nitrogens is 2. The number of benzene rings is 2. The number of fused-ring (bicyclic) bond motifs is 1. The lowest BCUT2D eigenvalue weighted by molar-refractivity contribution is 0.0746. The van der Waals surface area contributed by atoms with Crippen molar-refractivity contribution in [1.82, 2.24) is 14.9 Å². The van der Waals surface area contributed by atoms with E-state index in [1.807, 2.05) is 66.4 Å². The van der Waals surface area contributed by atoms with Gasteiger partial charge in [0.1, 0.15) is 5.82 Å². The van der Waals surface area contributed by atoms with Crippen LogP contribution in [0.5, 0.6) is 11.5 Å². The van der Waals surface area contributed by atoms with Crippen molar-refractivity contribution < 1.29 is 14.3 Å². The number of anilines is 2. The number of amides is 1. The van der Waals surface area contributed by atoms with E-state index in [2.05, 4.69) is 4.90 Å². The molecule has 1 aliphatic heterocycles. The van der Waals surface area contributed by atoms with Crippen molar-refractivity contribution in [3.63, 3.8) is 0 Å². The second-order valence-corrected chi connectivity index (χ2v) is 9.43. The van der Waals surface area contributed by atoms with Crippen molar-refractivity contribution in [2.75, 3.05) is 57.2 Å². The second-order valence-electron chi connectivity index (χ2n) is 9.43. The summed E-state index contributed by atoms with van der Waals surface area (Å²) in [5.41, 5.74) is 1.55. The Morgan fingerprint density at radius 3 is 2.34 bits per heavy atom. The summed E-state index contributed by atoms with van der Waals surface area (Å²) in [7, 11) is 5.56. The molecular formula is C27H33N5O3. The number of hydrogen-bond donors (Lipinski definition) is 0. The summed E-state index contributed by atoms with van der Waals surface area (Å²) in [4.78, 5) is 28.7. The lowest BCUT2D eigenvalue weighted by atomic mass is 10.1. The fourth-order valence-corrected chi connectivity index (χ4v) is 4.87. The number of hydrogen-bond acceptors (Lipinski definition) is 7. The van der Waals surface area contributed by atoms with E-state index < -0.39 is 0 Å². The molecule has 0 bridgehead atoms. The van der Waals surface area contributed by atoms with Crippen LogP contribution in [-0.2, 0) is 0 Å². The third-order valence-electron chi connectivity index (χ3n) is 6.83. The maximum Gasteiger partial charge on any atom is 0.253 e. The summed E-state index contributed by atoms with van der Waals surface area (Å²) in [6.07, 6.45) is 4.79.